The first-order chi connectivity index (χ1) is 11.2. The van der Waals surface area contributed by atoms with Gasteiger partial charge in [0.25, 0.3) is 0 Å². The van der Waals surface area contributed by atoms with Gasteiger partial charge in [-0.15, -0.1) is 0 Å². The largest absolute Gasteiger partial charge is 0.494 e. The first kappa shape index (κ1) is 19.3. The van der Waals surface area contributed by atoms with Gasteiger partial charge in [-0.25, -0.2) is 0 Å². The Labute approximate surface area is 140 Å². The van der Waals surface area contributed by atoms with Gasteiger partial charge in [-0.05, 0) is 44.4 Å². The van der Waals surface area contributed by atoms with E-state index in [-0.39, 0.29) is 0 Å². The zero-order valence-corrected chi connectivity index (χ0v) is 15.0. The third kappa shape index (κ3) is 7.88. The van der Waals surface area contributed by atoms with Gasteiger partial charge >= 0.3 is 0 Å². The van der Waals surface area contributed by atoms with E-state index in [9.17, 15) is 0 Å². The molecule has 0 amide bonds. The normalized spacial score (nSPS) is 11.4. The zero-order valence-electron chi connectivity index (χ0n) is 15.0. The number of ether oxygens (including phenoxy) is 2. The molecule has 23 heavy (non-hydrogen) atoms. The number of unbranched alkanes of at least 4 members (excludes halogenated alkanes) is 1. The Balaban J connectivity index is 2.36. The molecule has 0 radical (unpaired) electrons. The van der Waals surface area contributed by atoms with Crippen molar-refractivity contribution in [1.29, 1.82) is 0 Å². The van der Waals surface area contributed by atoms with Crippen molar-refractivity contribution in [2.75, 3.05) is 40.5 Å². The predicted molar refractivity (Wildman–Crippen MR) is 96.2 cm³/mol. The number of rotatable bonds is 10. The van der Waals surface area contributed by atoms with Gasteiger partial charge < -0.3 is 19.7 Å². The maximum absolute atomic E-state index is 5.47. The van der Waals surface area contributed by atoms with Crippen molar-refractivity contribution >= 4 is 5.96 Å². The molecule has 0 fully saturated rings. The van der Waals surface area contributed by atoms with Crippen LogP contribution in [-0.4, -0.2) is 51.3 Å². The minimum atomic E-state index is 0.694. The fraction of sp³-hybridized carbons (Fsp3) is 0.611. The number of hydrogen-bond donors (Lipinski definition) is 1. The van der Waals surface area contributed by atoms with E-state index in [1.807, 2.05) is 40.1 Å². The number of nitrogens with zero attached hydrogens (tertiary/aromatic N) is 2. The Hall–Kier alpha value is -1.75. The van der Waals surface area contributed by atoms with Crippen LogP contribution in [0.3, 0.4) is 0 Å². The summed E-state index contributed by atoms with van der Waals surface area (Å²) in [6.07, 6.45) is 2.15. The van der Waals surface area contributed by atoms with Gasteiger partial charge in [-0.1, -0.05) is 12.1 Å². The minimum absolute atomic E-state index is 0.694. The Morgan fingerprint density at radius 2 is 1.87 bits per heavy atom. The van der Waals surface area contributed by atoms with Crippen LogP contribution in [0, 0.1) is 0 Å². The molecule has 0 aromatic heterocycles. The first-order valence-corrected chi connectivity index (χ1v) is 8.42. The summed E-state index contributed by atoms with van der Waals surface area (Å²) in [5, 5.41) is 3.39. The van der Waals surface area contributed by atoms with E-state index in [0.29, 0.717) is 6.61 Å². The van der Waals surface area contributed by atoms with Gasteiger partial charge in [0.2, 0.25) is 0 Å². The van der Waals surface area contributed by atoms with E-state index in [0.717, 1.165) is 50.9 Å². The van der Waals surface area contributed by atoms with Crippen LogP contribution in [0.2, 0.25) is 0 Å². The van der Waals surface area contributed by atoms with Crippen molar-refractivity contribution in [2.45, 2.75) is 33.2 Å². The van der Waals surface area contributed by atoms with Crippen LogP contribution in [0.1, 0.15) is 32.3 Å². The Kier molecular flexibility index (Phi) is 9.87. The van der Waals surface area contributed by atoms with Crippen LogP contribution in [-0.2, 0) is 11.3 Å². The number of hydrogen-bond acceptors (Lipinski definition) is 3. The standard InChI is InChI=1S/C18H31N3O2/c1-5-22-14-8-7-13-20-18(19-3)21(4)15-16-9-11-17(12-10-16)23-6-2/h9-12H,5-8,13-15H2,1-4H3,(H,19,20). The van der Waals surface area contributed by atoms with Crippen LogP contribution in [0.5, 0.6) is 5.75 Å². The smallest absolute Gasteiger partial charge is 0.193 e. The third-order valence-electron chi connectivity index (χ3n) is 3.43. The Morgan fingerprint density at radius 3 is 2.48 bits per heavy atom. The summed E-state index contributed by atoms with van der Waals surface area (Å²) < 4.78 is 10.8. The van der Waals surface area contributed by atoms with Crippen molar-refractivity contribution in [3.8, 4) is 5.75 Å². The lowest BCUT2D eigenvalue weighted by atomic mass is 10.2. The van der Waals surface area contributed by atoms with E-state index in [4.69, 9.17) is 9.47 Å². The Bertz CT molecular complexity index is 446. The zero-order chi connectivity index (χ0) is 16.9. The summed E-state index contributed by atoms with van der Waals surface area (Å²) in [5.41, 5.74) is 1.23. The first-order valence-electron chi connectivity index (χ1n) is 8.42. The highest BCUT2D eigenvalue weighted by molar-refractivity contribution is 5.79. The molecule has 1 rings (SSSR count). The topological polar surface area (TPSA) is 46.1 Å². The summed E-state index contributed by atoms with van der Waals surface area (Å²) in [7, 11) is 3.86. The van der Waals surface area contributed by atoms with Gasteiger partial charge in [0.1, 0.15) is 5.75 Å². The molecule has 0 atom stereocenters. The molecular weight excluding hydrogens is 290 g/mol. The van der Waals surface area contributed by atoms with E-state index in [1.165, 1.54) is 5.56 Å². The van der Waals surface area contributed by atoms with Crippen LogP contribution >= 0.6 is 0 Å². The summed E-state index contributed by atoms with van der Waals surface area (Å²) in [5.74, 6) is 1.83. The molecule has 0 unspecified atom stereocenters. The molecule has 0 heterocycles. The molecule has 0 saturated heterocycles. The second-order valence-electron chi connectivity index (χ2n) is 5.31. The molecule has 1 aromatic carbocycles. The maximum Gasteiger partial charge on any atom is 0.193 e. The van der Waals surface area contributed by atoms with Gasteiger partial charge in [-0.2, -0.15) is 0 Å². The average molecular weight is 321 g/mol. The van der Waals surface area contributed by atoms with Gasteiger partial charge in [0.15, 0.2) is 5.96 Å². The number of guanidine groups is 1. The second-order valence-corrected chi connectivity index (χ2v) is 5.31. The summed E-state index contributed by atoms with van der Waals surface area (Å²) in [4.78, 5) is 6.46. The van der Waals surface area contributed by atoms with E-state index >= 15 is 0 Å². The van der Waals surface area contributed by atoms with Crippen molar-refractivity contribution in [3.05, 3.63) is 29.8 Å². The highest BCUT2D eigenvalue weighted by Gasteiger charge is 2.06. The Morgan fingerprint density at radius 1 is 1.13 bits per heavy atom. The molecule has 1 aromatic rings. The fourth-order valence-corrected chi connectivity index (χ4v) is 2.26. The second kappa shape index (κ2) is 11.8. The highest BCUT2D eigenvalue weighted by Crippen LogP contribution is 2.13. The van der Waals surface area contributed by atoms with Gasteiger partial charge in [0.05, 0.1) is 6.61 Å². The van der Waals surface area contributed by atoms with Crippen LogP contribution in [0.4, 0.5) is 0 Å². The van der Waals surface area contributed by atoms with Crippen molar-refractivity contribution < 1.29 is 9.47 Å². The SMILES string of the molecule is CCOCCCCNC(=NC)N(C)Cc1ccc(OCC)cc1. The molecule has 0 aliphatic heterocycles. The van der Waals surface area contributed by atoms with Gasteiger partial charge in [0, 0.05) is 40.4 Å². The third-order valence-corrected chi connectivity index (χ3v) is 3.43. The molecule has 5 nitrogen and oxygen atoms in total. The maximum atomic E-state index is 5.47. The fourth-order valence-electron chi connectivity index (χ4n) is 2.26. The highest BCUT2D eigenvalue weighted by atomic mass is 16.5. The molecule has 5 heteroatoms. The molecule has 0 bridgehead atoms. The molecule has 0 aliphatic rings. The predicted octanol–water partition coefficient (Wildman–Crippen LogP) is 2.91. The quantitative estimate of drug-likeness (QED) is 0.409. The molecule has 130 valence electrons. The van der Waals surface area contributed by atoms with Crippen LogP contribution < -0.4 is 10.1 Å². The van der Waals surface area contributed by atoms with Gasteiger partial charge in [-0.3, -0.25) is 4.99 Å². The number of nitrogens with one attached hydrogen (secondary N) is 1. The number of aliphatic imine (C=N–C) groups is 1. The average Bonchev–Trinajstić information content (AvgIpc) is 2.56. The molecule has 0 saturated carbocycles. The lowest BCUT2D eigenvalue weighted by Gasteiger charge is -2.22. The summed E-state index contributed by atoms with van der Waals surface area (Å²) in [6, 6.07) is 8.21. The molecule has 1 N–H and O–H groups in total. The van der Waals surface area contributed by atoms with Crippen molar-refractivity contribution in [1.82, 2.24) is 10.2 Å². The van der Waals surface area contributed by atoms with E-state index in [2.05, 4.69) is 27.3 Å². The van der Waals surface area contributed by atoms with Crippen LogP contribution in [0.15, 0.2) is 29.3 Å². The number of benzene rings is 1. The van der Waals surface area contributed by atoms with Crippen molar-refractivity contribution in [3.63, 3.8) is 0 Å². The molecule has 0 aliphatic carbocycles. The van der Waals surface area contributed by atoms with E-state index < -0.39 is 0 Å². The minimum Gasteiger partial charge on any atom is -0.494 e. The monoisotopic (exact) mass is 321 g/mol. The lowest BCUT2D eigenvalue weighted by Crippen LogP contribution is -2.38. The van der Waals surface area contributed by atoms with E-state index in [1.54, 1.807) is 0 Å². The summed E-state index contributed by atoms with van der Waals surface area (Å²) in [6.45, 7) is 8.05. The molecule has 0 spiro atoms. The van der Waals surface area contributed by atoms with Crippen molar-refractivity contribution in [2.24, 2.45) is 4.99 Å². The van der Waals surface area contributed by atoms with Crippen LogP contribution in [0.25, 0.3) is 0 Å². The lowest BCUT2D eigenvalue weighted by molar-refractivity contribution is 0.143. The molecular formula is C18H31N3O2. The summed E-state index contributed by atoms with van der Waals surface area (Å²) >= 11 is 0.